The van der Waals surface area contributed by atoms with Crippen molar-refractivity contribution in [2.24, 2.45) is 0 Å². The molecule has 5 rings (SSSR count). The fourth-order valence-corrected chi connectivity index (χ4v) is 6.05. The van der Waals surface area contributed by atoms with Gasteiger partial charge in [0.05, 0.1) is 46.1 Å². The predicted molar refractivity (Wildman–Crippen MR) is 133 cm³/mol. The molecule has 1 saturated heterocycles. The molecular formula is C22H31ClN8O2S. The molecule has 4 heterocycles. The number of aliphatic hydroxyl groups excluding tert-OH is 1. The Hall–Kier alpha value is -2.08. The van der Waals surface area contributed by atoms with Crippen LogP contribution >= 0.6 is 11.6 Å². The van der Waals surface area contributed by atoms with E-state index in [1.165, 1.54) is 0 Å². The minimum atomic E-state index is -1.09. The first-order valence-corrected chi connectivity index (χ1v) is 13.5. The summed E-state index contributed by atoms with van der Waals surface area (Å²) in [6.07, 6.45) is 6.83. The number of nitrogens with zero attached hydrogens (tertiary/aromatic N) is 7. The number of rotatable bonds is 8. The lowest BCUT2D eigenvalue weighted by Gasteiger charge is -2.41. The van der Waals surface area contributed by atoms with Gasteiger partial charge < -0.3 is 20.2 Å². The van der Waals surface area contributed by atoms with Crippen molar-refractivity contribution in [1.82, 2.24) is 24.8 Å². The average Bonchev–Trinajstić information content (AvgIpc) is 3.21. The lowest BCUT2D eigenvalue weighted by molar-refractivity contribution is 0.143. The molecule has 184 valence electrons. The standard InChI is InChI=1S/C22H31ClN8O2S/c1-29(6-7-30-8-10-31(11-9-30)20-24-13-16(23)14-25-20)21-26-17-3-12-34(33)18(17)19(27-21)28-22(15-32)4-2-5-22/h13-14,32H,2-12,15H2,1H3,(H,26,27,28)/t34-/m1/s1. The predicted octanol–water partition coefficient (Wildman–Crippen LogP) is 1.17. The van der Waals surface area contributed by atoms with E-state index in [1.807, 2.05) is 7.05 Å². The highest BCUT2D eigenvalue weighted by atomic mass is 35.5. The molecule has 2 N–H and O–H groups in total. The van der Waals surface area contributed by atoms with Gasteiger partial charge in [0.2, 0.25) is 11.9 Å². The first kappa shape index (κ1) is 23.7. The lowest BCUT2D eigenvalue weighted by Crippen LogP contribution is -2.49. The van der Waals surface area contributed by atoms with Crippen LogP contribution in [0.25, 0.3) is 0 Å². The van der Waals surface area contributed by atoms with Crippen LogP contribution in [0.3, 0.4) is 0 Å². The van der Waals surface area contributed by atoms with Crippen LogP contribution in [0.5, 0.6) is 0 Å². The zero-order chi connectivity index (χ0) is 23.7. The van der Waals surface area contributed by atoms with Crippen LogP contribution in [0.15, 0.2) is 17.3 Å². The Kier molecular flexibility index (Phi) is 6.88. The molecule has 10 nitrogen and oxygen atoms in total. The van der Waals surface area contributed by atoms with E-state index >= 15 is 0 Å². The molecule has 2 fully saturated rings. The summed E-state index contributed by atoms with van der Waals surface area (Å²) in [4.78, 5) is 25.5. The second-order valence-electron chi connectivity index (χ2n) is 9.32. The summed E-state index contributed by atoms with van der Waals surface area (Å²) in [7, 11) is 0.909. The van der Waals surface area contributed by atoms with Gasteiger partial charge in [0.15, 0.2) is 0 Å². The number of fused-ring (bicyclic) bond motifs is 1. The highest BCUT2D eigenvalue weighted by molar-refractivity contribution is 7.85. The fourth-order valence-electron chi connectivity index (χ4n) is 4.65. The number of aliphatic hydroxyl groups is 1. The molecule has 34 heavy (non-hydrogen) atoms. The third-order valence-electron chi connectivity index (χ3n) is 7.03. The van der Waals surface area contributed by atoms with Gasteiger partial charge in [-0.05, 0) is 19.3 Å². The second kappa shape index (κ2) is 9.88. The van der Waals surface area contributed by atoms with Crippen molar-refractivity contribution in [3.05, 3.63) is 23.1 Å². The van der Waals surface area contributed by atoms with Crippen LogP contribution in [0.4, 0.5) is 17.7 Å². The van der Waals surface area contributed by atoms with E-state index in [-0.39, 0.29) is 12.1 Å². The van der Waals surface area contributed by atoms with Crippen molar-refractivity contribution >= 4 is 40.1 Å². The van der Waals surface area contributed by atoms with Gasteiger partial charge >= 0.3 is 0 Å². The van der Waals surface area contributed by atoms with E-state index in [9.17, 15) is 9.32 Å². The van der Waals surface area contributed by atoms with Crippen molar-refractivity contribution in [3.8, 4) is 0 Å². The van der Waals surface area contributed by atoms with Crippen molar-refractivity contribution in [2.45, 2.75) is 36.1 Å². The van der Waals surface area contributed by atoms with E-state index < -0.39 is 10.8 Å². The number of hydrogen-bond donors (Lipinski definition) is 2. The number of hydrogen-bond acceptors (Lipinski definition) is 10. The van der Waals surface area contributed by atoms with Gasteiger partial charge in [-0.25, -0.2) is 15.0 Å². The summed E-state index contributed by atoms with van der Waals surface area (Å²) in [5.41, 5.74) is 0.514. The fraction of sp³-hybridized carbons (Fsp3) is 0.636. The first-order chi connectivity index (χ1) is 16.5. The molecule has 2 aliphatic heterocycles. The summed E-state index contributed by atoms with van der Waals surface area (Å²) in [6.45, 7) is 5.31. The number of likely N-dealkylation sites (N-methyl/N-ethyl adjacent to an activating group) is 1. The number of piperazine rings is 1. The zero-order valence-electron chi connectivity index (χ0n) is 19.4. The molecule has 0 bridgehead atoms. The summed E-state index contributed by atoms with van der Waals surface area (Å²) in [5.74, 6) is 2.57. The minimum absolute atomic E-state index is 0.0522. The van der Waals surface area contributed by atoms with Gasteiger partial charge in [-0.1, -0.05) is 11.6 Å². The van der Waals surface area contributed by atoms with E-state index in [0.717, 1.165) is 75.1 Å². The second-order valence-corrected chi connectivity index (χ2v) is 11.3. The smallest absolute Gasteiger partial charge is 0.227 e. The third kappa shape index (κ3) is 4.84. The number of aryl methyl sites for hydroxylation is 1. The Morgan fingerprint density at radius 3 is 2.59 bits per heavy atom. The van der Waals surface area contributed by atoms with Crippen molar-refractivity contribution in [2.75, 3.05) is 73.8 Å². The van der Waals surface area contributed by atoms with Gasteiger partial charge in [0, 0.05) is 58.5 Å². The zero-order valence-corrected chi connectivity index (χ0v) is 21.0. The lowest BCUT2D eigenvalue weighted by atomic mass is 9.77. The van der Waals surface area contributed by atoms with Crippen molar-refractivity contribution in [3.63, 3.8) is 0 Å². The van der Waals surface area contributed by atoms with Crippen LogP contribution in [-0.4, -0.2) is 98.4 Å². The van der Waals surface area contributed by atoms with Crippen LogP contribution in [0.1, 0.15) is 25.0 Å². The summed E-state index contributed by atoms with van der Waals surface area (Å²) in [5, 5.41) is 13.9. The molecular weight excluding hydrogens is 476 g/mol. The Labute approximate surface area is 207 Å². The topological polar surface area (TPSA) is 111 Å². The molecule has 0 unspecified atom stereocenters. The van der Waals surface area contributed by atoms with Crippen molar-refractivity contribution in [1.29, 1.82) is 0 Å². The van der Waals surface area contributed by atoms with Gasteiger partial charge in [-0.15, -0.1) is 0 Å². The Morgan fingerprint density at radius 2 is 1.94 bits per heavy atom. The Bertz CT molecular complexity index is 1040. The monoisotopic (exact) mass is 506 g/mol. The maximum atomic E-state index is 12.6. The number of anilines is 3. The van der Waals surface area contributed by atoms with Gasteiger partial charge in [0.25, 0.3) is 0 Å². The quantitative estimate of drug-likeness (QED) is 0.541. The van der Waals surface area contributed by atoms with Crippen LogP contribution < -0.4 is 15.1 Å². The maximum Gasteiger partial charge on any atom is 0.227 e. The first-order valence-electron chi connectivity index (χ1n) is 11.8. The van der Waals surface area contributed by atoms with Crippen LogP contribution in [-0.2, 0) is 17.2 Å². The van der Waals surface area contributed by atoms with E-state index in [1.54, 1.807) is 12.4 Å². The Morgan fingerprint density at radius 1 is 1.21 bits per heavy atom. The molecule has 2 aromatic rings. The third-order valence-corrected chi connectivity index (χ3v) is 8.68. The summed E-state index contributed by atoms with van der Waals surface area (Å²) in [6, 6.07) is 0. The summed E-state index contributed by atoms with van der Waals surface area (Å²) >= 11 is 5.90. The number of aromatic nitrogens is 4. The van der Waals surface area contributed by atoms with Crippen molar-refractivity contribution < 1.29 is 9.32 Å². The average molecular weight is 507 g/mol. The SMILES string of the molecule is CN(CCN1CCN(c2ncc(Cl)cn2)CC1)c1nc2c(c(NC3(CO)CCC3)n1)[S@](=O)CC2. The molecule has 1 atom stereocenters. The molecule has 0 spiro atoms. The molecule has 0 aromatic carbocycles. The number of halogens is 1. The largest absolute Gasteiger partial charge is 0.394 e. The van der Waals surface area contributed by atoms with E-state index in [2.05, 4.69) is 30.0 Å². The molecule has 2 aromatic heterocycles. The van der Waals surface area contributed by atoms with Gasteiger partial charge in [0.1, 0.15) is 10.7 Å². The van der Waals surface area contributed by atoms with Gasteiger partial charge in [-0.2, -0.15) is 4.98 Å². The highest BCUT2D eigenvalue weighted by Gasteiger charge is 2.39. The highest BCUT2D eigenvalue weighted by Crippen LogP contribution is 2.38. The van der Waals surface area contributed by atoms with Gasteiger partial charge in [-0.3, -0.25) is 9.11 Å². The maximum absolute atomic E-state index is 12.6. The van der Waals surface area contributed by atoms with Crippen LogP contribution in [0, 0.1) is 0 Å². The minimum Gasteiger partial charge on any atom is -0.394 e. The molecule has 0 amide bonds. The number of nitrogens with one attached hydrogen (secondary N) is 1. The molecule has 1 saturated carbocycles. The Balaban J connectivity index is 1.21. The molecule has 3 aliphatic rings. The molecule has 12 heteroatoms. The van der Waals surface area contributed by atoms with E-state index in [0.29, 0.717) is 29.0 Å². The van der Waals surface area contributed by atoms with E-state index in [4.69, 9.17) is 21.6 Å². The van der Waals surface area contributed by atoms with Crippen LogP contribution in [0.2, 0.25) is 5.02 Å². The summed E-state index contributed by atoms with van der Waals surface area (Å²) < 4.78 is 12.6. The molecule has 0 radical (unpaired) electrons. The molecule has 1 aliphatic carbocycles. The normalized spacial score (nSPS) is 21.7.